The Morgan fingerprint density at radius 1 is 0.690 bits per heavy atom. The van der Waals surface area contributed by atoms with Crippen molar-refractivity contribution in [3.05, 3.63) is 76.9 Å². The molecule has 0 radical (unpaired) electrons. The van der Waals surface area contributed by atoms with Crippen molar-refractivity contribution in [1.82, 2.24) is 0 Å². The largest absolute Gasteiger partial charge is 0.496 e. The van der Waals surface area contributed by atoms with E-state index in [1.54, 1.807) is 71.9 Å². The van der Waals surface area contributed by atoms with Gasteiger partial charge in [0.1, 0.15) is 23.0 Å². The highest BCUT2D eigenvalue weighted by Crippen LogP contribution is 2.46. The molecule has 0 amide bonds. The van der Waals surface area contributed by atoms with Crippen LogP contribution >= 0.6 is 0 Å². The van der Waals surface area contributed by atoms with Crippen LogP contribution in [-0.2, 0) is 22.4 Å². The van der Waals surface area contributed by atoms with Crippen LogP contribution in [0.1, 0.15) is 82.4 Å². The number of ether oxygens (including phenoxy) is 4. The highest BCUT2D eigenvalue weighted by atomic mass is 16.5. The Morgan fingerprint density at radius 3 is 1.55 bits per heavy atom. The number of allylic oxidation sites excluding steroid dienone is 5. The third kappa shape index (κ3) is 8.68. The maximum Gasteiger partial charge on any atom is 0.316 e. The summed E-state index contributed by atoms with van der Waals surface area (Å²) in [4.78, 5) is 38.4. The van der Waals surface area contributed by atoms with Crippen molar-refractivity contribution in [1.29, 1.82) is 0 Å². The Balaban J connectivity index is 2.65. The minimum Gasteiger partial charge on any atom is -0.496 e. The van der Waals surface area contributed by atoms with Crippen LogP contribution in [0, 0.1) is 10.8 Å². The smallest absolute Gasteiger partial charge is 0.316 e. The molecule has 0 saturated heterocycles. The van der Waals surface area contributed by atoms with Crippen molar-refractivity contribution in [2.75, 3.05) is 14.2 Å². The summed E-state index contributed by atoms with van der Waals surface area (Å²) >= 11 is 0. The van der Waals surface area contributed by atoms with E-state index in [4.69, 9.17) is 18.9 Å². The van der Waals surface area contributed by atoms with E-state index in [1.807, 2.05) is 38.2 Å². The molecule has 0 bridgehead atoms. The minimum absolute atomic E-state index is 0.263. The van der Waals surface area contributed by atoms with Crippen LogP contribution in [0.15, 0.2) is 54.6 Å². The summed E-state index contributed by atoms with van der Waals surface area (Å²) < 4.78 is 23.2. The topological polar surface area (TPSA) is 88.1 Å². The van der Waals surface area contributed by atoms with Crippen LogP contribution in [-0.4, -0.2) is 31.9 Å². The van der Waals surface area contributed by atoms with E-state index >= 15 is 0 Å². The van der Waals surface area contributed by atoms with Gasteiger partial charge in [-0.15, -0.1) is 0 Å². The second kappa shape index (κ2) is 14.7. The maximum atomic E-state index is 13.2. The predicted molar refractivity (Wildman–Crippen MR) is 167 cm³/mol. The summed E-state index contributed by atoms with van der Waals surface area (Å²) in [7, 11) is 3.07. The molecule has 42 heavy (non-hydrogen) atoms. The first-order valence-corrected chi connectivity index (χ1v) is 14.0. The first-order valence-electron chi connectivity index (χ1n) is 14.0. The molecule has 2 aromatic rings. The minimum atomic E-state index is -0.734. The molecule has 226 valence electrons. The molecule has 0 heterocycles. The lowest BCUT2D eigenvalue weighted by molar-refractivity contribution is -0.143. The maximum absolute atomic E-state index is 13.2. The third-order valence-electron chi connectivity index (χ3n) is 6.28. The van der Waals surface area contributed by atoms with Gasteiger partial charge in [-0.05, 0) is 105 Å². The summed E-state index contributed by atoms with van der Waals surface area (Å²) in [6.07, 6.45) is 11.7. The fourth-order valence-electron chi connectivity index (χ4n) is 3.85. The zero-order valence-electron chi connectivity index (χ0n) is 26.5. The molecule has 0 saturated carbocycles. The third-order valence-corrected chi connectivity index (χ3v) is 6.28. The first kappa shape index (κ1) is 34.1. The lowest BCUT2D eigenvalue weighted by Crippen LogP contribution is -2.26. The average molecular weight is 577 g/mol. The fourth-order valence-corrected chi connectivity index (χ4v) is 3.85. The SMILES string of the molecule is CC=CCc1c(OC)c(C=CC(=O)c2ccc(OC(=O)C(C)(C)C)cc2)c(OC)c(CC=CC)c1OC(=O)C(C)(C)C. The summed E-state index contributed by atoms with van der Waals surface area (Å²) in [5.41, 5.74) is 0.934. The molecule has 7 heteroatoms. The number of hydrogen-bond acceptors (Lipinski definition) is 7. The molecule has 0 aliphatic heterocycles. The van der Waals surface area contributed by atoms with Gasteiger partial charge in [0.25, 0.3) is 0 Å². The van der Waals surface area contributed by atoms with Crippen molar-refractivity contribution in [2.45, 2.75) is 68.2 Å². The Morgan fingerprint density at radius 2 is 1.14 bits per heavy atom. The van der Waals surface area contributed by atoms with Crippen molar-refractivity contribution in [3.63, 3.8) is 0 Å². The standard InChI is InChI=1S/C35H44O7/c1-11-13-15-25-29(39-9)27(30(40-10)26(16-14-12-2)31(25)42-33(38)35(6,7)8)21-22-28(36)23-17-19-24(20-18-23)41-32(37)34(3,4)5/h11-14,17-22H,15-16H2,1-10H3. The van der Waals surface area contributed by atoms with E-state index in [0.717, 1.165) is 0 Å². The highest BCUT2D eigenvalue weighted by molar-refractivity contribution is 6.07. The van der Waals surface area contributed by atoms with Crippen LogP contribution in [0.2, 0.25) is 0 Å². The molecule has 0 aliphatic carbocycles. The first-order chi connectivity index (χ1) is 19.7. The van der Waals surface area contributed by atoms with Crippen molar-refractivity contribution in [3.8, 4) is 23.0 Å². The Hall–Kier alpha value is -4.13. The highest BCUT2D eigenvalue weighted by Gasteiger charge is 2.30. The van der Waals surface area contributed by atoms with E-state index in [9.17, 15) is 14.4 Å². The van der Waals surface area contributed by atoms with E-state index < -0.39 is 10.8 Å². The number of ketones is 1. The van der Waals surface area contributed by atoms with Crippen LogP contribution in [0.4, 0.5) is 0 Å². The Bertz CT molecular complexity index is 1320. The van der Waals surface area contributed by atoms with E-state index in [-0.39, 0.29) is 17.7 Å². The van der Waals surface area contributed by atoms with Gasteiger partial charge in [-0.1, -0.05) is 24.3 Å². The number of esters is 2. The molecule has 2 aromatic carbocycles. The summed E-state index contributed by atoms with van der Waals surface area (Å²) in [6.45, 7) is 14.5. The number of carbonyl (C=O) groups excluding carboxylic acids is 3. The summed E-state index contributed by atoms with van der Waals surface area (Å²) in [5.74, 6) is 0.634. The Labute approximate surface area is 250 Å². The molecule has 7 nitrogen and oxygen atoms in total. The molecule has 0 unspecified atom stereocenters. The fraction of sp³-hybridized carbons (Fsp3) is 0.400. The van der Waals surface area contributed by atoms with E-state index in [2.05, 4.69) is 0 Å². The summed E-state index contributed by atoms with van der Waals surface area (Å²) in [6, 6.07) is 6.40. The van der Waals surface area contributed by atoms with Gasteiger partial charge < -0.3 is 18.9 Å². The second-order valence-electron chi connectivity index (χ2n) is 11.8. The molecule has 0 spiro atoms. The van der Waals surface area contributed by atoms with Crippen LogP contribution in [0.3, 0.4) is 0 Å². The van der Waals surface area contributed by atoms with E-state index in [1.165, 1.54) is 20.3 Å². The second-order valence-corrected chi connectivity index (χ2v) is 11.8. The van der Waals surface area contributed by atoms with Crippen LogP contribution in [0.5, 0.6) is 23.0 Å². The summed E-state index contributed by atoms with van der Waals surface area (Å²) in [5, 5.41) is 0. The number of hydrogen-bond donors (Lipinski definition) is 0. The number of carbonyl (C=O) groups is 3. The average Bonchev–Trinajstić information content (AvgIpc) is 2.93. The molecule has 0 aliphatic rings. The number of methoxy groups -OCH3 is 2. The lowest BCUT2D eigenvalue weighted by atomic mass is 9.94. The molecular weight excluding hydrogens is 532 g/mol. The van der Waals surface area contributed by atoms with Gasteiger partial charge in [0.05, 0.1) is 30.6 Å². The molecule has 0 aromatic heterocycles. The zero-order valence-corrected chi connectivity index (χ0v) is 26.5. The quantitative estimate of drug-likeness (QED) is 0.0889. The molecular formula is C35H44O7. The van der Waals surface area contributed by atoms with Gasteiger partial charge in [0, 0.05) is 16.7 Å². The number of benzene rings is 2. The monoisotopic (exact) mass is 576 g/mol. The molecule has 0 N–H and O–H groups in total. The molecule has 0 fully saturated rings. The van der Waals surface area contributed by atoms with Crippen LogP contribution < -0.4 is 18.9 Å². The molecule has 2 rings (SSSR count). The van der Waals surface area contributed by atoms with Crippen LogP contribution in [0.25, 0.3) is 6.08 Å². The normalized spacial score (nSPS) is 12.2. The zero-order chi connectivity index (χ0) is 31.7. The molecule has 0 atom stereocenters. The van der Waals surface area contributed by atoms with Gasteiger partial charge in [-0.3, -0.25) is 14.4 Å². The van der Waals surface area contributed by atoms with Crippen molar-refractivity contribution >= 4 is 23.8 Å². The van der Waals surface area contributed by atoms with Crippen molar-refractivity contribution < 1.29 is 33.3 Å². The van der Waals surface area contributed by atoms with Crippen molar-refractivity contribution in [2.24, 2.45) is 10.8 Å². The van der Waals surface area contributed by atoms with E-state index in [0.29, 0.717) is 58.1 Å². The number of rotatable bonds is 11. The van der Waals surface area contributed by atoms with Gasteiger partial charge >= 0.3 is 11.9 Å². The van der Waals surface area contributed by atoms with Gasteiger partial charge in [0.2, 0.25) is 0 Å². The van der Waals surface area contributed by atoms with Gasteiger partial charge in [-0.2, -0.15) is 0 Å². The van der Waals surface area contributed by atoms with Gasteiger partial charge in [0.15, 0.2) is 5.78 Å². The lowest BCUT2D eigenvalue weighted by Gasteiger charge is -2.25. The Kier molecular flexibility index (Phi) is 11.9. The predicted octanol–water partition coefficient (Wildman–Crippen LogP) is 7.74. The van der Waals surface area contributed by atoms with Gasteiger partial charge in [-0.25, -0.2) is 0 Å².